The number of rotatable bonds is 4. The minimum Gasteiger partial charge on any atom is -0.489 e. The predicted molar refractivity (Wildman–Crippen MR) is 138 cm³/mol. The minimum atomic E-state index is -0.826. The third-order valence-corrected chi connectivity index (χ3v) is 8.36. The number of hydrogen-bond donors (Lipinski definition) is 0. The lowest BCUT2D eigenvalue weighted by molar-refractivity contribution is -0.128. The standard InChI is InChI=1S/C32H25NO3/c1-32-28-25-13-7-5-11-23(25)27(24-12-6-8-14-26(24)28)29(32)30(34)33(31(32)35)21-15-17-22(18-16-21)36-19-20-9-3-2-4-10-20/h2-18,27-29H,19H2,1H3/t27?,28?,29-,32-/m1/s1. The van der Waals surface area contributed by atoms with Crippen LogP contribution in [0.3, 0.4) is 0 Å². The molecule has 2 amide bonds. The van der Waals surface area contributed by atoms with Gasteiger partial charge in [-0.15, -0.1) is 0 Å². The second-order valence-corrected chi connectivity index (χ2v) is 10.2. The SMILES string of the molecule is C[C@]12C(=O)N(c3ccc(OCc4ccccc4)cc3)C(=O)[C@H]1C1c3ccccc3C2c2ccccc21. The van der Waals surface area contributed by atoms with Gasteiger partial charge in [0.1, 0.15) is 12.4 Å². The van der Waals surface area contributed by atoms with E-state index >= 15 is 0 Å². The van der Waals surface area contributed by atoms with Crippen LogP contribution in [0.15, 0.2) is 103 Å². The van der Waals surface area contributed by atoms with E-state index in [-0.39, 0.29) is 23.7 Å². The maximum absolute atomic E-state index is 14.2. The highest BCUT2D eigenvalue weighted by atomic mass is 16.5. The van der Waals surface area contributed by atoms with Crippen LogP contribution in [0.1, 0.15) is 46.6 Å². The Morgan fingerprint density at radius 2 is 1.28 bits per heavy atom. The highest BCUT2D eigenvalue weighted by Crippen LogP contribution is 2.67. The Balaban J connectivity index is 1.25. The van der Waals surface area contributed by atoms with Gasteiger partial charge in [0.15, 0.2) is 0 Å². The quantitative estimate of drug-likeness (QED) is 0.340. The molecule has 0 unspecified atom stereocenters. The van der Waals surface area contributed by atoms with E-state index in [0.29, 0.717) is 18.0 Å². The van der Waals surface area contributed by atoms with Crippen LogP contribution in [-0.4, -0.2) is 11.8 Å². The summed E-state index contributed by atoms with van der Waals surface area (Å²) in [5.41, 5.74) is 5.55. The largest absolute Gasteiger partial charge is 0.489 e. The molecule has 0 spiro atoms. The van der Waals surface area contributed by atoms with Crippen molar-refractivity contribution < 1.29 is 14.3 Å². The Morgan fingerprint density at radius 3 is 1.89 bits per heavy atom. The van der Waals surface area contributed by atoms with E-state index in [1.54, 1.807) is 0 Å². The number of anilines is 1. The first-order valence-corrected chi connectivity index (χ1v) is 12.4. The van der Waals surface area contributed by atoms with Crippen molar-refractivity contribution in [3.8, 4) is 5.75 Å². The van der Waals surface area contributed by atoms with Gasteiger partial charge in [-0.25, -0.2) is 4.90 Å². The van der Waals surface area contributed by atoms with Crippen LogP contribution in [0.2, 0.25) is 0 Å². The molecule has 2 bridgehead atoms. The van der Waals surface area contributed by atoms with Crippen molar-refractivity contribution in [2.45, 2.75) is 25.4 Å². The number of amides is 2. The van der Waals surface area contributed by atoms with Gasteiger partial charge in [-0.2, -0.15) is 0 Å². The summed E-state index contributed by atoms with van der Waals surface area (Å²) in [5, 5.41) is 0. The summed E-state index contributed by atoms with van der Waals surface area (Å²) < 4.78 is 5.92. The summed E-state index contributed by atoms with van der Waals surface area (Å²) in [7, 11) is 0. The van der Waals surface area contributed by atoms with Crippen LogP contribution in [-0.2, 0) is 16.2 Å². The highest BCUT2D eigenvalue weighted by molar-refractivity contribution is 6.25. The molecule has 1 heterocycles. The molecular weight excluding hydrogens is 446 g/mol. The van der Waals surface area contributed by atoms with Crippen LogP contribution < -0.4 is 9.64 Å². The molecule has 8 rings (SSSR count). The van der Waals surface area contributed by atoms with E-state index in [2.05, 4.69) is 24.3 Å². The predicted octanol–water partition coefficient (Wildman–Crippen LogP) is 6.05. The monoisotopic (exact) mass is 471 g/mol. The summed E-state index contributed by atoms with van der Waals surface area (Å²) in [4.78, 5) is 29.6. The molecular formula is C32H25NO3. The second-order valence-electron chi connectivity index (χ2n) is 10.2. The summed E-state index contributed by atoms with van der Waals surface area (Å²) in [6, 6.07) is 33.9. The molecule has 1 saturated heterocycles. The topological polar surface area (TPSA) is 46.6 Å². The molecule has 176 valence electrons. The van der Waals surface area contributed by atoms with Gasteiger partial charge in [0.2, 0.25) is 11.8 Å². The number of ether oxygens (including phenoxy) is 1. The fraction of sp³-hybridized carbons (Fsp3) is 0.188. The van der Waals surface area contributed by atoms with E-state index in [4.69, 9.17) is 4.74 Å². The van der Waals surface area contributed by atoms with Crippen molar-refractivity contribution in [1.29, 1.82) is 0 Å². The average Bonchev–Trinajstić information content (AvgIpc) is 3.13. The first-order chi connectivity index (χ1) is 17.6. The van der Waals surface area contributed by atoms with Crippen molar-refractivity contribution in [2.75, 3.05) is 4.90 Å². The molecule has 0 radical (unpaired) electrons. The molecule has 4 nitrogen and oxygen atoms in total. The lowest BCUT2D eigenvalue weighted by Crippen LogP contribution is -2.49. The number of hydrogen-bond acceptors (Lipinski definition) is 3. The van der Waals surface area contributed by atoms with Crippen LogP contribution in [0, 0.1) is 11.3 Å². The van der Waals surface area contributed by atoms with Gasteiger partial charge < -0.3 is 4.74 Å². The van der Waals surface area contributed by atoms with Crippen molar-refractivity contribution >= 4 is 17.5 Å². The molecule has 4 aliphatic rings. The van der Waals surface area contributed by atoms with Crippen LogP contribution in [0.5, 0.6) is 5.75 Å². The summed E-state index contributed by atoms with van der Waals surface area (Å²) >= 11 is 0. The van der Waals surface area contributed by atoms with E-state index < -0.39 is 11.3 Å². The van der Waals surface area contributed by atoms with Gasteiger partial charge in [0.25, 0.3) is 0 Å². The minimum absolute atomic E-state index is 0.112. The molecule has 1 fully saturated rings. The Kier molecular flexibility index (Phi) is 4.50. The fourth-order valence-corrected chi connectivity index (χ4v) is 6.79. The molecule has 0 aromatic heterocycles. The summed E-state index contributed by atoms with van der Waals surface area (Å²) in [6.07, 6.45) is 0. The zero-order chi connectivity index (χ0) is 24.4. The molecule has 36 heavy (non-hydrogen) atoms. The van der Waals surface area contributed by atoms with Crippen molar-refractivity contribution in [3.63, 3.8) is 0 Å². The highest BCUT2D eigenvalue weighted by Gasteiger charge is 2.68. The summed E-state index contributed by atoms with van der Waals surface area (Å²) in [6.45, 7) is 2.46. The zero-order valence-electron chi connectivity index (χ0n) is 19.9. The van der Waals surface area contributed by atoms with Gasteiger partial charge in [-0.1, -0.05) is 78.9 Å². The van der Waals surface area contributed by atoms with Crippen molar-refractivity contribution in [2.24, 2.45) is 11.3 Å². The Hall–Kier alpha value is -4.18. The van der Waals surface area contributed by atoms with Gasteiger partial charge in [0, 0.05) is 11.8 Å². The lowest BCUT2D eigenvalue weighted by Gasteiger charge is -2.51. The number of imide groups is 1. The van der Waals surface area contributed by atoms with E-state index in [1.165, 1.54) is 27.2 Å². The number of nitrogens with zero attached hydrogens (tertiary/aromatic N) is 1. The smallest absolute Gasteiger partial charge is 0.241 e. The van der Waals surface area contributed by atoms with Gasteiger partial charge >= 0.3 is 0 Å². The average molecular weight is 472 g/mol. The Morgan fingerprint density at radius 1 is 0.722 bits per heavy atom. The van der Waals surface area contributed by atoms with E-state index in [9.17, 15) is 9.59 Å². The zero-order valence-corrected chi connectivity index (χ0v) is 19.9. The maximum Gasteiger partial charge on any atom is 0.241 e. The molecule has 0 saturated carbocycles. The number of carbonyl (C=O) groups excluding carboxylic acids is 2. The summed E-state index contributed by atoms with van der Waals surface area (Å²) in [5.74, 6) is -0.218. The van der Waals surface area contributed by atoms with Crippen LogP contribution >= 0.6 is 0 Å². The van der Waals surface area contributed by atoms with Gasteiger partial charge in [-0.05, 0) is 59.0 Å². The fourth-order valence-electron chi connectivity index (χ4n) is 6.79. The third-order valence-electron chi connectivity index (χ3n) is 8.36. The van der Waals surface area contributed by atoms with Gasteiger partial charge in [0.05, 0.1) is 17.0 Å². The first kappa shape index (κ1) is 21.1. The molecule has 3 aliphatic carbocycles. The Labute approximate surface area is 210 Å². The maximum atomic E-state index is 14.2. The molecule has 4 aromatic carbocycles. The van der Waals surface area contributed by atoms with Crippen molar-refractivity contribution in [3.05, 3.63) is 131 Å². The van der Waals surface area contributed by atoms with Crippen LogP contribution in [0.4, 0.5) is 5.69 Å². The molecule has 1 aliphatic heterocycles. The van der Waals surface area contributed by atoms with E-state index in [0.717, 1.165) is 5.56 Å². The molecule has 4 heteroatoms. The van der Waals surface area contributed by atoms with E-state index in [1.807, 2.05) is 85.8 Å². The molecule has 0 N–H and O–H groups in total. The Bertz CT molecular complexity index is 1460. The molecule has 2 atom stereocenters. The van der Waals surface area contributed by atoms with Crippen LogP contribution in [0.25, 0.3) is 0 Å². The van der Waals surface area contributed by atoms with Crippen molar-refractivity contribution in [1.82, 2.24) is 0 Å². The second kappa shape index (κ2) is 7.66. The third kappa shape index (κ3) is 2.75. The van der Waals surface area contributed by atoms with Gasteiger partial charge in [-0.3, -0.25) is 9.59 Å². The lowest BCUT2D eigenvalue weighted by atomic mass is 9.48. The molecule has 4 aromatic rings. The number of benzene rings is 4. The number of carbonyl (C=O) groups is 2. The first-order valence-electron chi connectivity index (χ1n) is 12.4. The normalized spacial score (nSPS) is 25.4.